The van der Waals surface area contributed by atoms with Crippen LogP contribution in [-0.2, 0) is 4.74 Å². The van der Waals surface area contributed by atoms with E-state index in [1.54, 1.807) is 25.1 Å². The number of benzene rings is 1. The Morgan fingerprint density at radius 2 is 1.96 bits per heavy atom. The Morgan fingerprint density at radius 1 is 1.25 bits per heavy atom. The number of halogens is 1. The van der Waals surface area contributed by atoms with Gasteiger partial charge in [-0.15, -0.1) is 5.54 Å². The van der Waals surface area contributed by atoms with Crippen LogP contribution in [0, 0.1) is 24.2 Å². The first-order valence-corrected chi connectivity index (χ1v) is 11.1. The highest BCUT2D eigenvalue weighted by Gasteiger charge is 2.15. The minimum Gasteiger partial charge on any atom is -0.464 e. The topological polar surface area (TPSA) is 39.2 Å². The lowest BCUT2D eigenvalue weighted by Crippen LogP contribution is -2.16. The Morgan fingerprint density at radius 3 is 2.58 bits per heavy atom. The van der Waals surface area contributed by atoms with Crippen molar-refractivity contribution in [1.82, 2.24) is 4.98 Å². The van der Waals surface area contributed by atoms with Crippen LogP contribution in [0.15, 0.2) is 30.3 Å². The number of methoxy groups -OCH3 is 1. The fourth-order valence-corrected chi connectivity index (χ4v) is 2.71. The van der Waals surface area contributed by atoms with Gasteiger partial charge in [-0.2, -0.15) is 0 Å². The van der Waals surface area contributed by atoms with Gasteiger partial charge in [-0.3, -0.25) is 0 Å². The summed E-state index contributed by atoms with van der Waals surface area (Å²) in [4.78, 5) is 15.9. The molecule has 0 amide bonds. The zero-order valence-corrected chi connectivity index (χ0v) is 15.5. The second-order valence-electron chi connectivity index (χ2n) is 6.54. The van der Waals surface area contributed by atoms with Crippen molar-refractivity contribution in [3.05, 3.63) is 53.1 Å². The molecule has 0 spiro atoms. The van der Waals surface area contributed by atoms with E-state index >= 15 is 0 Å². The molecule has 1 aromatic carbocycles. The molecule has 0 atom stereocenters. The molecule has 0 saturated heterocycles. The van der Waals surface area contributed by atoms with Crippen molar-refractivity contribution in [2.24, 2.45) is 0 Å². The van der Waals surface area contributed by atoms with Gasteiger partial charge in [-0.25, -0.2) is 14.2 Å². The lowest BCUT2D eigenvalue weighted by Gasteiger charge is -2.10. The number of ether oxygens (including phenoxy) is 1. The van der Waals surface area contributed by atoms with Crippen molar-refractivity contribution in [2.75, 3.05) is 7.11 Å². The highest BCUT2D eigenvalue weighted by molar-refractivity contribution is 6.83. The Balaban J connectivity index is 2.66. The molecule has 0 fully saturated rings. The summed E-state index contributed by atoms with van der Waals surface area (Å²) in [6, 6.07) is 8.10. The van der Waals surface area contributed by atoms with Crippen LogP contribution in [0.25, 0.3) is 11.1 Å². The molecule has 2 aromatic rings. The van der Waals surface area contributed by atoms with E-state index in [1.807, 2.05) is 0 Å². The SMILES string of the molecule is COC(=O)c1cc(-c2c(F)cccc2C#C[Si](C)(C)C)cc(C)n1. The van der Waals surface area contributed by atoms with E-state index in [0.717, 1.165) is 0 Å². The summed E-state index contributed by atoms with van der Waals surface area (Å²) in [6.07, 6.45) is 0. The highest BCUT2D eigenvalue weighted by atomic mass is 28.3. The number of rotatable bonds is 2. The summed E-state index contributed by atoms with van der Waals surface area (Å²) >= 11 is 0. The molecular weight excluding hydrogens is 321 g/mol. The largest absolute Gasteiger partial charge is 0.464 e. The maximum atomic E-state index is 14.5. The summed E-state index contributed by atoms with van der Waals surface area (Å²) in [5.41, 5.74) is 5.59. The van der Waals surface area contributed by atoms with Crippen molar-refractivity contribution in [3.8, 4) is 22.6 Å². The second-order valence-corrected chi connectivity index (χ2v) is 11.3. The third-order valence-corrected chi connectivity index (χ3v) is 4.10. The third kappa shape index (κ3) is 4.30. The Hall–Kier alpha value is -2.45. The predicted molar refractivity (Wildman–Crippen MR) is 95.9 cm³/mol. The maximum absolute atomic E-state index is 14.5. The molecular formula is C19H20FNO2Si. The van der Waals surface area contributed by atoms with Crippen molar-refractivity contribution in [2.45, 2.75) is 26.6 Å². The lowest BCUT2D eigenvalue weighted by molar-refractivity contribution is 0.0594. The molecule has 5 heteroatoms. The average Bonchev–Trinajstić information content (AvgIpc) is 2.50. The molecule has 0 unspecified atom stereocenters. The van der Waals surface area contributed by atoms with Gasteiger partial charge in [0, 0.05) is 16.8 Å². The minimum atomic E-state index is -1.60. The molecule has 0 aliphatic heterocycles. The van der Waals surface area contributed by atoms with Crippen LogP contribution in [0.5, 0.6) is 0 Å². The molecule has 2 rings (SSSR count). The van der Waals surface area contributed by atoms with Gasteiger partial charge in [0.1, 0.15) is 19.6 Å². The van der Waals surface area contributed by atoms with Crippen molar-refractivity contribution in [1.29, 1.82) is 0 Å². The van der Waals surface area contributed by atoms with Gasteiger partial charge in [-0.1, -0.05) is 31.6 Å². The van der Waals surface area contributed by atoms with Crippen LogP contribution in [0.4, 0.5) is 4.39 Å². The first kappa shape index (κ1) is 17.9. The van der Waals surface area contributed by atoms with Gasteiger partial charge in [0.15, 0.2) is 0 Å². The summed E-state index contributed by atoms with van der Waals surface area (Å²) < 4.78 is 19.2. The molecule has 3 nitrogen and oxygen atoms in total. The minimum absolute atomic E-state index is 0.153. The molecule has 0 N–H and O–H groups in total. The van der Waals surface area contributed by atoms with E-state index in [1.165, 1.54) is 19.2 Å². The van der Waals surface area contributed by atoms with Gasteiger partial charge < -0.3 is 4.74 Å². The Labute approximate surface area is 142 Å². The fraction of sp³-hybridized carbons (Fsp3) is 0.263. The summed E-state index contributed by atoms with van der Waals surface area (Å²) in [5.74, 6) is 2.18. The smallest absolute Gasteiger partial charge is 0.356 e. The predicted octanol–water partition coefficient (Wildman–Crippen LogP) is 4.21. The highest BCUT2D eigenvalue weighted by Crippen LogP contribution is 2.28. The third-order valence-electron chi connectivity index (χ3n) is 3.22. The number of hydrogen-bond donors (Lipinski definition) is 0. The zero-order valence-electron chi connectivity index (χ0n) is 14.5. The lowest BCUT2D eigenvalue weighted by atomic mass is 9.99. The van der Waals surface area contributed by atoms with Crippen LogP contribution < -0.4 is 0 Å². The van der Waals surface area contributed by atoms with Crippen LogP contribution in [-0.4, -0.2) is 26.1 Å². The molecule has 1 heterocycles. The van der Waals surface area contributed by atoms with Crippen LogP contribution in [0.1, 0.15) is 21.7 Å². The number of esters is 1. The molecule has 1 aromatic heterocycles. The monoisotopic (exact) mass is 341 g/mol. The summed E-state index contributed by atoms with van der Waals surface area (Å²) in [7, 11) is -0.305. The van der Waals surface area contributed by atoms with E-state index in [-0.39, 0.29) is 11.5 Å². The summed E-state index contributed by atoms with van der Waals surface area (Å²) in [6.45, 7) is 8.14. The van der Waals surface area contributed by atoms with Gasteiger partial charge >= 0.3 is 5.97 Å². The molecule has 0 aliphatic carbocycles. The van der Waals surface area contributed by atoms with E-state index in [9.17, 15) is 9.18 Å². The quantitative estimate of drug-likeness (QED) is 0.467. The van der Waals surface area contributed by atoms with Crippen LogP contribution >= 0.6 is 0 Å². The molecule has 0 radical (unpaired) electrons. The molecule has 0 bridgehead atoms. The van der Waals surface area contributed by atoms with Crippen molar-refractivity contribution in [3.63, 3.8) is 0 Å². The van der Waals surface area contributed by atoms with E-state index < -0.39 is 14.0 Å². The number of pyridine rings is 1. The Kier molecular flexibility index (Phi) is 5.20. The molecule has 0 saturated carbocycles. The molecule has 24 heavy (non-hydrogen) atoms. The number of hydrogen-bond acceptors (Lipinski definition) is 3. The normalized spacial score (nSPS) is 10.8. The van der Waals surface area contributed by atoms with Gasteiger partial charge in [-0.05, 0) is 36.8 Å². The average molecular weight is 341 g/mol. The standard InChI is InChI=1S/C19H20FNO2Si/c1-13-11-15(12-17(21-13)19(22)23-2)18-14(7-6-8-16(18)20)9-10-24(3,4)5/h6-8,11-12H,1-5H3. The van der Waals surface area contributed by atoms with Gasteiger partial charge in [0.2, 0.25) is 0 Å². The second kappa shape index (κ2) is 6.98. The van der Waals surface area contributed by atoms with E-state index in [0.29, 0.717) is 22.4 Å². The molecule has 0 aliphatic rings. The van der Waals surface area contributed by atoms with E-state index in [4.69, 9.17) is 4.74 Å². The molecule has 124 valence electrons. The summed E-state index contributed by atoms with van der Waals surface area (Å²) in [5, 5.41) is 0. The Bertz CT molecular complexity index is 845. The van der Waals surface area contributed by atoms with E-state index in [2.05, 4.69) is 36.1 Å². The fourth-order valence-electron chi connectivity index (χ4n) is 2.20. The number of carbonyl (C=O) groups excluding carboxylic acids is 1. The maximum Gasteiger partial charge on any atom is 0.356 e. The number of nitrogens with zero attached hydrogens (tertiary/aromatic N) is 1. The van der Waals surface area contributed by atoms with Gasteiger partial charge in [0.05, 0.1) is 7.11 Å². The zero-order chi connectivity index (χ0) is 17.9. The van der Waals surface area contributed by atoms with Crippen LogP contribution in [0.3, 0.4) is 0 Å². The van der Waals surface area contributed by atoms with Gasteiger partial charge in [0.25, 0.3) is 0 Å². The first-order valence-electron chi connectivity index (χ1n) is 7.60. The number of carbonyl (C=O) groups is 1. The number of aryl methyl sites for hydroxylation is 1. The first-order chi connectivity index (χ1) is 11.2. The van der Waals surface area contributed by atoms with Crippen LogP contribution in [0.2, 0.25) is 19.6 Å². The number of aromatic nitrogens is 1. The van der Waals surface area contributed by atoms with Crippen molar-refractivity contribution < 1.29 is 13.9 Å². The van der Waals surface area contributed by atoms with Crippen molar-refractivity contribution >= 4 is 14.0 Å².